The molecule has 6 heavy (non-hydrogen) atoms. The standard InChI is InChI=1S/C3H6O3/c1-2(4)3(5)6/h2,4H,1H3,(H,5,6)/i1D,4D. The van der Waals surface area contributed by atoms with Crippen LogP contribution in [0.15, 0.2) is 0 Å². The first-order valence-electron chi connectivity index (χ1n) is 2.48. The molecule has 0 aliphatic heterocycles. The van der Waals surface area contributed by atoms with Gasteiger partial charge in [-0.1, -0.05) is 0 Å². The SMILES string of the molecule is [2H]CC(O[2H])C(=O)O. The normalized spacial score (nSPS) is 18.0. The molecule has 2 N–H and O–H groups in total. The first kappa shape index (κ1) is 2.58. The Kier molecular flexibility index (Phi) is 0.759. The molecular formula is C3H6O3. The molecule has 0 rings (SSSR count). The van der Waals surface area contributed by atoms with Crippen molar-refractivity contribution < 1.29 is 16.4 Å². The number of aliphatic carboxylic acids is 1. The van der Waals surface area contributed by atoms with Crippen molar-refractivity contribution in [1.82, 2.24) is 0 Å². The molecule has 0 fully saturated rings. The van der Waals surface area contributed by atoms with Crippen LogP contribution in [0.2, 0.25) is 0 Å². The average Bonchev–Trinajstić information content (AvgIpc) is 1.69. The van der Waals surface area contributed by atoms with Crippen LogP contribution in [-0.2, 0) is 4.79 Å². The van der Waals surface area contributed by atoms with E-state index in [1.165, 1.54) is 0 Å². The molecule has 0 bridgehead atoms. The van der Waals surface area contributed by atoms with Gasteiger partial charge < -0.3 is 10.2 Å². The minimum Gasteiger partial charge on any atom is -0.479 e. The van der Waals surface area contributed by atoms with Crippen molar-refractivity contribution in [3.05, 3.63) is 0 Å². The summed E-state index contributed by atoms with van der Waals surface area (Å²) in [6, 6.07) is 0. The van der Waals surface area contributed by atoms with Gasteiger partial charge in [-0.15, -0.1) is 0 Å². The van der Waals surface area contributed by atoms with Crippen molar-refractivity contribution in [2.45, 2.75) is 13.0 Å². The summed E-state index contributed by atoms with van der Waals surface area (Å²) >= 11 is 0. The summed E-state index contributed by atoms with van der Waals surface area (Å²) in [7, 11) is 0. The van der Waals surface area contributed by atoms with Crippen LogP contribution < -0.4 is 0 Å². The van der Waals surface area contributed by atoms with Crippen LogP contribution >= 0.6 is 0 Å². The summed E-state index contributed by atoms with van der Waals surface area (Å²) in [6.07, 6.45) is -1.30. The average molecular weight is 92.1 g/mol. The van der Waals surface area contributed by atoms with E-state index in [9.17, 15) is 4.79 Å². The summed E-state index contributed by atoms with van der Waals surface area (Å²) < 4.78 is 12.6. The lowest BCUT2D eigenvalue weighted by atomic mass is 10.4. The molecule has 1 unspecified atom stereocenters. The number of aliphatic hydroxyl groups excluding tert-OH is 1. The van der Waals surface area contributed by atoms with Crippen LogP contribution in [-0.4, -0.2) is 23.7 Å². The van der Waals surface area contributed by atoms with Gasteiger partial charge in [0.1, 0.15) is 6.10 Å². The third-order valence-corrected chi connectivity index (χ3v) is 0.275. The van der Waals surface area contributed by atoms with Gasteiger partial charge in [0.2, 0.25) is 1.43 Å². The highest BCUT2D eigenvalue weighted by molar-refractivity contribution is 5.71. The van der Waals surface area contributed by atoms with Crippen molar-refractivity contribution in [3.8, 4) is 0 Å². The van der Waals surface area contributed by atoms with Crippen molar-refractivity contribution in [2.75, 3.05) is 0 Å². The van der Waals surface area contributed by atoms with Crippen LogP contribution in [0.5, 0.6) is 0 Å². The maximum atomic E-state index is 9.80. The fourth-order valence-corrected chi connectivity index (χ4v) is 0. The van der Waals surface area contributed by atoms with Gasteiger partial charge in [0.15, 0.2) is 0 Å². The van der Waals surface area contributed by atoms with E-state index in [1.807, 2.05) is 0 Å². The second kappa shape index (κ2) is 1.77. The van der Waals surface area contributed by atoms with Crippen molar-refractivity contribution in [1.29, 1.82) is 1.43 Å². The molecule has 0 amide bonds. The Morgan fingerprint density at radius 1 is 2.33 bits per heavy atom. The molecule has 0 radical (unpaired) electrons. The highest BCUT2D eigenvalue weighted by atomic mass is 16.4. The van der Waals surface area contributed by atoms with Crippen molar-refractivity contribution in [3.63, 3.8) is 0 Å². The van der Waals surface area contributed by atoms with Crippen molar-refractivity contribution >= 4 is 5.97 Å². The molecule has 0 saturated carbocycles. The summed E-state index contributed by atoms with van der Waals surface area (Å²) in [6.45, 7) is -0.418. The molecule has 0 aromatic rings. The molecule has 0 aromatic carbocycles. The summed E-state index contributed by atoms with van der Waals surface area (Å²) in [5.41, 5.74) is 0. The summed E-state index contributed by atoms with van der Waals surface area (Å²) in [5.74, 6) is -1.27. The lowest BCUT2D eigenvalue weighted by Gasteiger charge is -1.89. The summed E-state index contributed by atoms with van der Waals surface area (Å²) in [5, 5.41) is 11.6. The zero-order valence-corrected chi connectivity index (χ0v) is 3.05. The van der Waals surface area contributed by atoms with E-state index in [4.69, 9.17) is 7.91 Å². The molecular weight excluding hydrogens is 84.0 g/mol. The predicted octanol–water partition coefficient (Wildman–Crippen LogP) is -0.548. The fourth-order valence-electron chi connectivity index (χ4n) is 0. The number of aliphatic hydroxyl groups is 1. The van der Waals surface area contributed by atoms with Gasteiger partial charge in [0.25, 0.3) is 0 Å². The number of rotatable bonds is 2. The molecule has 0 heterocycles. The van der Waals surface area contributed by atoms with E-state index in [0.29, 0.717) is 0 Å². The van der Waals surface area contributed by atoms with E-state index in [0.717, 1.165) is 0 Å². The van der Waals surface area contributed by atoms with Crippen molar-refractivity contribution in [2.24, 2.45) is 0 Å². The monoisotopic (exact) mass is 92.0 g/mol. The van der Waals surface area contributed by atoms with E-state index >= 15 is 0 Å². The molecule has 0 saturated heterocycles. The zero-order chi connectivity index (χ0) is 6.57. The summed E-state index contributed by atoms with van der Waals surface area (Å²) in [4.78, 5) is 9.80. The first-order valence-corrected chi connectivity index (χ1v) is 1.36. The third kappa shape index (κ3) is 1.72. The van der Waals surface area contributed by atoms with Crippen LogP contribution in [0, 0.1) is 0 Å². The van der Waals surface area contributed by atoms with Gasteiger partial charge in [0.05, 0.1) is 0 Å². The number of hydrogen-bond donors (Lipinski definition) is 2. The Labute approximate surface area is 38.1 Å². The first-order chi connectivity index (χ1) is 3.72. The molecule has 3 nitrogen and oxygen atoms in total. The minimum atomic E-state index is -1.30. The Morgan fingerprint density at radius 3 is 3.00 bits per heavy atom. The highest BCUT2D eigenvalue weighted by Crippen LogP contribution is 1.73. The minimum absolute atomic E-state index is 0.418. The van der Waals surface area contributed by atoms with Crippen LogP contribution in [0.3, 0.4) is 0 Å². The topological polar surface area (TPSA) is 57.5 Å². The van der Waals surface area contributed by atoms with Crippen LogP contribution in [0.1, 0.15) is 8.27 Å². The van der Waals surface area contributed by atoms with E-state index in [-0.39, 0.29) is 0 Å². The van der Waals surface area contributed by atoms with Gasteiger partial charge in [-0.2, -0.15) is 0 Å². The van der Waals surface area contributed by atoms with Crippen LogP contribution in [0.4, 0.5) is 0 Å². The molecule has 0 aromatic heterocycles. The maximum Gasteiger partial charge on any atom is 0.332 e. The Morgan fingerprint density at radius 2 is 3.00 bits per heavy atom. The molecule has 3 heteroatoms. The number of carbonyl (C=O) groups is 1. The molecule has 0 spiro atoms. The van der Waals surface area contributed by atoms with Gasteiger partial charge in [-0.3, -0.25) is 0 Å². The fraction of sp³-hybridized carbons (Fsp3) is 0.667. The van der Waals surface area contributed by atoms with E-state index < -0.39 is 19.0 Å². The zero-order valence-electron chi connectivity index (χ0n) is 5.05. The Bertz CT molecular complexity index is 80.6. The second-order valence-electron chi connectivity index (χ2n) is 0.827. The smallest absolute Gasteiger partial charge is 0.332 e. The number of carboxylic acid groups (broad SMARTS) is 1. The molecule has 0 aliphatic carbocycles. The van der Waals surface area contributed by atoms with Gasteiger partial charge in [-0.05, 0) is 6.90 Å². The molecule has 0 aliphatic rings. The molecule has 36 valence electrons. The lowest BCUT2D eigenvalue weighted by molar-refractivity contribution is -0.145. The Balaban J connectivity index is 3.52. The van der Waals surface area contributed by atoms with Crippen LogP contribution in [0.25, 0.3) is 0 Å². The Hall–Kier alpha value is -0.570. The van der Waals surface area contributed by atoms with Gasteiger partial charge in [-0.25, -0.2) is 4.79 Å². The predicted molar refractivity (Wildman–Crippen MR) is 19.3 cm³/mol. The van der Waals surface area contributed by atoms with Gasteiger partial charge in [0, 0.05) is 1.37 Å². The molecule has 1 atom stereocenters. The maximum absolute atomic E-state index is 9.80. The third-order valence-electron chi connectivity index (χ3n) is 0.275. The second-order valence-corrected chi connectivity index (χ2v) is 0.827. The number of carboxylic acids is 1. The quantitative estimate of drug-likeness (QED) is 0.480. The number of hydrogen-bond acceptors (Lipinski definition) is 2. The van der Waals surface area contributed by atoms with E-state index in [2.05, 4.69) is 5.11 Å². The van der Waals surface area contributed by atoms with Gasteiger partial charge >= 0.3 is 5.97 Å². The lowest BCUT2D eigenvalue weighted by Crippen LogP contribution is -2.13. The largest absolute Gasteiger partial charge is 0.479 e. The van der Waals surface area contributed by atoms with E-state index in [1.54, 1.807) is 0 Å². The highest BCUT2D eigenvalue weighted by Gasteiger charge is 2.01.